The Bertz CT molecular complexity index is 1160. The third-order valence-electron chi connectivity index (χ3n) is 4.83. The number of nitrogens with zero attached hydrogens (tertiary/aromatic N) is 1. The lowest BCUT2D eigenvalue weighted by molar-refractivity contribution is 0.206. The van der Waals surface area contributed by atoms with Gasteiger partial charge in [-0.05, 0) is 60.9 Å². The Labute approximate surface area is 187 Å². The summed E-state index contributed by atoms with van der Waals surface area (Å²) in [5, 5.41) is 2.92. The number of aryl methyl sites for hydroxylation is 1. The van der Waals surface area contributed by atoms with Crippen molar-refractivity contribution >= 4 is 21.8 Å². The predicted octanol–water partition coefficient (Wildman–Crippen LogP) is 5.10. The highest BCUT2D eigenvalue weighted by Crippen LogP contribution is 2.19. The lowest BCUT2D eigenvalue weighted by Gasteiger charge is -2.24. The Morgan fingerprint density at radius 2 is 1.50 bits per heavy atom. The van der Waals surface area contributed by atoms with Crippen molar-refractivity contribution in [3.05, 3.63) is 95.3 Å². The van der Waals surface area contributed by atoms with E-state index in [1.807, 2.05) is 31.2 Å². The second-order valence-corrected chi connectivity index (χ2v) is 9.16. The molecule has 0 unspecified atom stereocenters. The first kappa shape index (κ1) is 23.3. The van der Waals surface area contributed by atoms with E-state index in [2.05, 4.69) is 5.32 Å². The molecule has 0 aliphatic carbocycles. The highest BCUT2D eigenvalue weighted by molar-refractivity contribution is 7.87. The van der Waals surface area contributed by atoms with Gasteiger partial charge in [-0.1, -0.05) is 42.5 Å². The Morgan fingerprint density at radius 3 is 2.06 bits per heavy atom. The topological polar surface area (TPSA) is 75.7 Å². The van der Waals surface area contributed by atoms with Crippen molar-refractivity contribution in [1.29, 1.82) is 0 Å². The molecule has 0 fully saturated rings. The van der Waals surface area contributed by atoms with Crippen LogP contribution in [0.4, 0.5) is 14.9 Å². The number of halogens is 1. The molecule has 0 heterocycles. The maximum absolute atomic E-state index is 13.3. The van der Waals surface area contributed by atoms with Gasteiger partial charge in [-0.3, -0.25) is 0 Å². The number of hydrogen-bond donors (Lipinski definition) is 1. The minimum absolute atomic E-state index is 0.126. The smallest absolute Gasteiger partial charge is 0.322 e. The van der Waals surface area contributed by atoms with Crippen LogP contribution in [-0.2, 0) is 23.2 Å². The first-order valence-electron chi connectivity index (χ1n) is 10.1. The Balaban J connectivity index is 1.79. The summed E-state index contributed by atoms with van der Waals surface area (Å²) < 4.78 is 41.6. The van der Waals surface area contributed by atoms with Gasteiger partial charge in [0.15, 0.2) is 0 Å². The number of rotatable bonds is 8. The van der Waals surface area contributed by atoms with E-state index < -0.39 is 10.1 Å². The quantitative estimate of drug-likeness (QED) is 0.479. The van der Waals surface area contributed by atoms with Crippen molar-refractivity contribution in [2.24, 2.45) is 0 Å². The molecule has 0 aliphatic rings. The molecule has 168 valence electrons. The summed E-state index contributed by atoms with van der Waals surface area (Å²) in [5.74, 6) is -0.258. The molecule has 0 saturated heterocycles. The summed E-state index contributed by atoms with van der Waals surface area (Å²) in [4.78, 5) is 14.7. The average molecular weight is 457 g/mol. The normalized spacial score (nSPS) is 11.1. The van der Waals surface area contributed by atoms with Gasteiger partial charge >= 0.3 is 16.1 Å². The second kappa shape index (κ2) is 10.3. The first-order valence-corrected chi connectivity index (χ1v) is 11.7. The highest BCUT2D eigenvalue weighted by Gasteiger charge is 2.16. The van der Waals surface area contributed by atoms with Crippen LogP contribution in [0.2, 0.25) is 0 Å². The maximum atomic E-state index is 13.3. The number of carbonyl (C=O) groups is 1. The summed E-state index contributed by atoms with van der Waals surface area (Å²) in [6, 6.07) is 19.7. The Kier molecular flexibility index (Phi) is 7.48. The maximum Gasteiger partial charge on any atom is 0.322 e. The van der Waals surface area contributed by atoms with Crippen LogP contribution in [0.3, 0.4) is 0 Å². The standard InChI is InChI=1S/C24H25FN2O4S/c1-3-32(29,30)31-22-14-10-20(11-15-22)17-27(16-19-8-12-21(25)13-9-19)24(28)26-23-7-5-4-6-18(23)2/h4-15H,3,16-17H2,1-2H3,(H,26,28). The monoisotopic (exact) mass is 456 g/mol. The van der Waals surface area contributed by atoms with Gasteiger partial charge in [-0.15, -0.1) is 0 Å². The summed E-state index contributed by atoms with van der Waals surface area (Å²) >= 11 is 0. The van der Waals surface area contributed by atoms with Crippen LogP contribution in [0.15, 0.2) is 72.8 Å². The molecule has 3 aromatic carbocycles. The Morgan fingerprint density at radius 1 is 0.938 bits per heavy atom. The molecule has 8 heteroatoms. The van der Waals surface area contributed by atoms with Crippen molar-refractivity contribution in [3.8, 4) is 5.75 Å². The molecule has 0 radical (unpaired) electrons. The van der Waals surface area contributed by atoms with Gasteiger partial charge in [0.05, 0.1) is 5.75 Å². The van der Waals surface area contributed by atoms with Crippen LogP contribution >= 0.6 is 0 Å². The fraction of sp³-hybridized carbons (Fsp3) is 0.208. The zero-order valence-corrected chi connectivity index (χ0v) is 18.7. The van der Waals surface area contributed by atoms with Gasteiger partial charge in [-0.25, -0.2) is 9.18 Å². The van der Waals surface area contributed by atoms with Gasteiger partial charge in [0.25, 0.3) is 0 Å². The van der Waals surface area contributed by atoms with Crippen molar-refractivity contribution in [3.63, 3.8) is 0 Å². The summed E-state index contributed by atoms with van der Waals surface area (Å²) in [6.45, 7) is 3.93. The SMILES string of the molecule is CCS(=O)(=O)Oc1ccc(CN(Cc2ccc(F)cc2)C(=O)Nc2ccccc2C)cc1. The number of urea groups is 1. The molecule has 3 aromatic rings. The van der Waals surface area contributed by atoms with E-state index in [0.717, 1.165) is 16.7 Å². The molecule has 0 aromatic heterocycles. The third-order valence-corrected chi connectivity index (χ3v) is 5.99. The lowest BCUT2D eigenvalue weighted by atomic mass is 10.1. The number of benzene rings is 3. The molecule has 32 heavy (non-hydrogen) atoms. The zero-order valence-electron chi connectivity index (χ0n) is 17.9. The van der Waals surface area contributed by atoms with Crippen molar-refractivity contribution in [2.45, 2.75) is 26.9 Å². The molecule has 0 atom stereocenters. The van der Waals surface area contributed by atoms with Crippen molar-refractivity contribution in [1.82, 2.24) is 4.90 Å². The highest BCUT2D eigenvalue weighted by atomic mass is 32.2. The average Bonchev–Trinajstić information content (AvgIpc) is 2.77. The first-order chi connectivity index (χ1) is 15.3. The molecule has 0 spiro atoms. The fourth-order valence-corrected chi connectivity index (χ4v) is 3.52. The summed E-state index contributed by atoms with van der Waals surface area (Å²) in [7, 11) is -3.61. The minimum Gasteiger partial charge on any atom is -0.382 e. The van der Waals surface area contributed by atoms with E-state index in [0.29, 0.717) is 5.69 Å². The number of carbonyl (C=O) groups excluding carboxylic acids is 1. The van der Waals surface area contributed by atoms with E-state index >= 15 is 0 Å². The minimum atomic E-state index is -3.61. The number of para-hydroxylation sites is 1. The molecule has 0 aliphatic heterocycles. The van der Waals surface area contributed by atoms with Gasteiger partial charge in [-0.2, -0.15) is 8.42 Å². The number of anilines is 1. The van der Waals surface area contributed by atoms with Crippen LogP contribution in [-0.4, -0.2) is 25.1 Å². The molecular formula is C24H25FN2O4S. The molecule has 0 bridgehead atoms. The van der Waals surface area contributed by atoms with Crippen LogP contribution in [0, 0.1) is 12.7 Å². The number of hydrogen-bond acceptors (Lipinski definition) is 4. The molecule has 0 saturated carbocycles. The van der Waals surface area contributed by atoms with Gasteiger partial charge in [0.2, 0.25) is 0 Å². The van der Waals surface area contributed by atoms with Crippen molar-refractivity contribution < 1.29 is 21.8 Å². The van der Waals surface area contributed by atoms with Crippen LogP contribution in [0.25, 0.3) is 0 Å². The van der Waals surface area contributed by atoms with Gasteiger partial charge in [0.1, 0.15) is 11.6 Å². The third kappa shape index (κ3) is 6.55. The lowest BCUT2D eigenvalue weighted by Crippen LogP contribution is -2.34. The molecular weight excluding hydrogens is 431 g/mol. The van der Waals surface area contributed by atoms with E-state index in [1.54, 1.807) is 41.3 Å². The molecule has 1 N–H and O–H groups in total. The van der Waals surface area contributed by atoms with E-state index in [4.69, 9.17) is 4.18 Å². The van der Waals surface area contributed by atoms with Gasteiger partial charge in [0, 0.05) is 18.8 Å². The fourth-order valence-electron chi connectivity index (χ4n) is 2.99. The van der Waals surface area contributed by atoms with Gasteiger partial charge < -0.3 is 14.4 Å². The van der Waals surface area contributed by atoms with Crippen LogP contribution in [0.1, 0.15) is 23.6 Å². The molecule has 6 nitrogen and oxygen atoms in total. The predicted molar refractivity (Wildman–Crippen MR) is 122 cm³/mol. The number of amides is 2. The largest absolute Gasteiger partial charge is 0.382 e. The van der Waals surface area contributed by atoms with E-state index in [-0.39, 0.29) is 36.4 Å². The molecule has 3 rings (SSSR count). The molecule has 2 amide bonds. The second-order valence-electron chi connectivity index (χ2n) is 7.30. The van der Waals surface area contributed by atoms with Crippen LogP contribution < -0.4 is 9.50 Å². The Hall–Kier alpha value is -3.39. The summed E-state index contributed by atoms with van der Waals surface area (Å²) in [5.41, 5.74) is 3.20. The van der Waals surface area contributed by atoms with Crippen LogP contribution in [0.5, 0.6) is 5.75 Å². The number of nitrogens with one attached hydrogen (secondary N) is 1. The van der Waals surface area contributed by atoms with Crippen molar-refractivity contribution in [2.75, 3.05) is 11.1 Å². The van der Waals surface area contributed by atoms with E-state index in [9.17, 15) is 17.6 Å². The van der Waals surface area contributed by atoms with E-state index in [1.165, 1.54) is 19.1 Å². The zero-order chi connectivity index (χ0) is 23.1. The summed E-state index contributed by atoms with van der Waals surface area (Å²) in [6.07, 6.45) is 0.